The first-order chi connectivity index (χ1) is 11.2. The van der Waals surface area contributed by atoms with Gasteiger partial charge >= 0.3 is 0 Å². The van der Waals surface area contributed by atoms with Gasteiger partial charge < -0.3 is 4.42 Å². The number of halogens is 1. The first kappa shape index (κ1) is 14.2. The summed E-state index contributed by atoms with van der Waals surface area (Å²) in [4.78, 5) is 21.8. The van der Waals surface area contributed by atoms with Crippen molar-refractivity contribution >= 4 is 33.2 Å². The number of rotatable bonds is 3. The number of aromatic nitrogens is 3. The number of thiophene rings is 1. The molecule has 4 aromatic rings. The molecule has 0 aliphatic rings. The highest BCUT2D eigenvalue weighted by atomic mass is 35.5. The van der Waals surface area contributed by atoms with Crippen molar-refractivity contribution in [2.75, 3.05) is 0 Å². The lowest BCUT2D eigenvalue weighted by molar-refractivity contribution is 0.571. The molecule has 3 heterocycles. The molecule has 5 nitrogen and oxygen atoms in total. The Labute approximate surface area is 139 Å². The van der Waals surface area contributed by atoms with Gasteiger partial charge in [0.1, 0.15) is 11.1 Å². The quantitative estimate of drug-likeness (QED) is 0.567. The van der Waals surface area contributed by atoms with E-state index in [0.29, 0.717) is 28.5 Å². The molecule has 1 aromatic carbocycles. The summed E-state index contributed by atoms with van der Waals surface area (Å²) in [7, 11) is 0. The third-order valence-corrected chi connectivity index (χ3v) is 4.50. The number of oxazole rings is 1. The van der Waals surface area contributed by atoms with Crippen LogP contribution in [-0.4, -0.2) is 14.5 Å². The van der Waals surface area contributed by atoms with Gasteiger partial charge in [0.05, 0.1) is 24.0 Å². The molecule has 7 heteroatoms. The average molecular weight is 344 g/mol. The summed E-state index contributed by atoms with van der Waals surface area (Å²) >= 11 is 7.32. The molecule has 0 bridgehead atoms. The van der Waals surface area contributed by atoms with E-state index in [1.807, 2.05) is 17.5 Å². The summed E-state index contributed by atoms with van der Waals surface area (Å²) in [5.74, 6) is 0.495. The molecule has 23 heavy (non-hydrogen) atoms. The third-order valence-electron chi connectivity index (χ3n) is 3.43. The van der Waals surface area contributed by atoms with Crippen molar-refractivity contribution in [3.8, 4) is 11.5 Å². The molecule has 4 rings (SSSR count). The summed E-state index contributed by atoms with van der Waals surface area (Å²) in [5.41, 5.74) is 1.42. The molecule has 114 valence electrons. The van der Waals surface area contributed by atoms with Crippen LogP contribution in [0, 0.1) is 0 Å². The van der Waals surface area contributed by atoms with Crippen molar-refractivity contribution in [2.24, 2.45) is 0 Å². The molecule has 0 saturated heterocycles. The van der Waals surface area contributed by atoms with Crippen LogP contribution >= 0.6 is 22.9 Å². The van der Waals surface area contributed by atoms with E-state index in [2.05, 4.69) is 9.97 Å². The van der Waals surface area contributed by atoms with Gasteiger partial charge in [0.15, 0.2) is 0 Å². The van der Waals surface area contributed by atoms with Crippen LogP contribution in [0.3, 0.4) is 0 Å². The molecule has 0 aliphatic heterocycles. The van der Waals surface area contributed by atoms with Crippen molar-refractivity contribution < 1.29 is 4.42 Å². The molecular weight excluding hydrogens is 334 g/mol. The molecule has 0 fully saturated rings. The van der Waals surface area contributed by atoms with Gasteiger partial charge in [0, 0.05) is 10.6 Å². The predicted octanol–water partition coefficient (Wildman–Crippen LogP) is 3.81. The van der Waals surface area contributed by atoms with Crippen molar-refractivity contribution in [3.63, 3.8) is 0 Å². The van der Waals surface area contributed by atoms with Crippen molar-refractivity contribution in [3.05, 3.63) is 69.4 Å². The summed E-state index contributed by atoms with van der Waals surface area (Å²) in [6, 6.07) is 9.01. The van der Waals surface area contributed by atoms with Gasteiger partial charge in [-0.15, -0.1) is 11.3 Å². The maximum absolute atomic E-state index is 12.4. The van der Waals surface area contributed by atoms with Gasteiger partial charge in [-0.25, -0.2) is 9.97 Å². The van der Waals surface area contributed by atoms with E-state index in [4.69, 9.17) is 16.0 Å². The summed E-state index contributed by atoms with van der Waals surface area (Å²) in [5, 5.41) is 3.14. The molecule has 0 radical (unpaired) electrons. The van der Waals surface area contributed by atoms with Crippen LogP contribution in [0.15, 0.2) is 57.5 Å². The highest BCUT2D eigenvalue weighted by Crippen LogP contribution is 2.21. The fourth-order valence-electron chi connectivity index (χ4n) is 2.29. The van der Waals surface area contributed by atoms with Crippen LogP contribution in [0.5, 0.6) is 0 Å². The average Bonchev–Trinajstić information content (AvgIpc) is 3.20. The second-order valence-electron chi connectivity index (χ2n) is 4.97. The second-order valence-corrected chi connectivity index (χ2v) is 6.30. The number of hydrogen-bond acceptors (Lipinski definition) is 5. The first-order valence-electron chi connectivity index (χ1n) is 6.84. The van der Waals surface area contributed by atoms with Gasteiger partial charge in [-0.2, -0.15) is 0 Å². The minimum Gasteiger partial charge on any atom is -0.444 e. The Hall–Kier alpha value is -2.44. The second kappa shape index (κ2) is 5.64. The van der Waals surface area contributed by atoms with E-state index in [9.17, 15) is 4.79 Å². The van der Waals surface area contributed by atoms with Crippen molar-refractivity contribution in [1.82, 2.24) is 14.5 Å². The van der Waals surface area contributed by atoms with Crippen LogP contribution in [0.4, 0.5) is 0 Å². The zero-order valence-electron chi connectivity index (χ0n) is 11.8. The fourth-order valence-corrected chi connectivity index (χ4v) is 3.13. The van der Waals surface area contributed by atoms with E-state index < -0.39 is 0 Å². The minimum absolute atomic E-state index is 0.0766. The highest BCUT2D eigenvalue weighted by Gasteiger charge is 2.10. The first-order valence-corrected chi connectivity index (χ1v) is 8.09. The zero-order valence-corrected chi connectivity index (χ0v) is 13.3. The monoisotopic (exact) mass is 343 g/mol. The lowest BCUT2D eigenvalue weighted by Crippen LogP contribution is -2.20. The van der Waals surface area contributed by atoms with Crippen LogP contribution in [-0.2, 0) is 6.54 Å². The van der Waals surface area contributed by atoms with Gasteiger partial charge in [0.25, 0.3) is 5.56 Å². The third kappa shape index (κ3) is 2.67. The van der Waals surface area contributed by atoms with Crippen molar-refractivity contribution in [1.29, 1.82) is 0 Å². The predicted molar refractivity (Wildman–Crippen MR) is 89.9 cm³/mol. The summed E-state index contributed by atoms with van der Waals surface area (Å²) < 4.78 is 7.01. The van der Waals surface area contributed by atoms with E-state index in [-0.39, 0.29) is 5.56 Å². The van der Waals surface area contributed by atoms with Crippen LogP contribution in [0.2, 0.25) is 5.02 Å². The zero-order chi connectivity index (χ0) is 15.8. The van der Waals surface area contributed by atoms with Crippen LogP contribution < -0.4 is 5.56 Å². The van der Waals surface area contributed by atoms with E-state index in [1.54, 1.807) is 24.5 Å². The molecule has 0 spiro atoms. The number of fused-ring (bicyclic) bond motifs is 1. The lowest BCUT2D eigenvalue weighted by atomic mass is 10.2. The van der Waals surface area contributed by atoms with E-state index in [1.165, 1.54) is 22.2 Å². The number of benzene rings is 1. The Bertz CT molecular complexity index is 1030. The SMILES string of the molecule is O=c1c2ccsc2ncn1Cc1coc(-c2ccc(Cl)cc2)n1. The molecule has 0 amide bonds. The van der Waals surface area contributed by atoms with Crippen LogP contribution in [0.25, 0.3) is 21.7 Å². The van der Waals surface area contributed by atoms with Gasteiger partial charge in [-0.1, -0.05) is 11.6 Å². The summed E-state index contributed by atoms with van der Waals surface area (Å²) in [6.07, 6.45) is 3.09. The molecule has 0 aliphatic carbocycles. The molecule has 0 saturated carbocycles. The smallest absolute Gasteiger partial charge is 0.262 e. The maximum Gasteiger partial charge on any atom is 0.262 e. The Balaban J connectivity index is 1.65. The molecule has 3 aromatic heterocycles. The fraction of sp³-hybridized carbons (Fsp3) is 0.0625. The van der Waals surface area contributed by atoms with Crippen LogP contribution in [0.1, 0.15) is 5.69 Å². The van der Waals surface area contributed by atoms with Crippen molar-refractivity contribution in [2.45, 2.75) is 6.54 Å². The topological polar surface area (TPSA) is 60.9 Å². The van der Waals surface area contributed by atoms with Gasteiger partial charge in [-0.05, 0) is 35.7 Å². The Kier molecular flexibility index (Phi) is 3.48. The standard InChI is InChI=1S/C16H10ClN3O2S/c17-11-3-1-10(2-4-11)14-19-12(8-22-14)7-20-9-18-15-13(16(20)21)5-6-23-15/h1-6,8-9H,7H2. The number of hydrogen-bond donors (Lipinski definition) is 0. The Morgan fingerprint density at radius 3 is 2.87 bits per heavy atom. The highest BCUT2D eigenvalue weighted by molar-refractivity contribution is 7.16. The normalized spacial score (nSPS) is 11.2. The molecule has 0 atom stereocenters. The minimum atomic E-state index is -0.0766. The van der Waals surface area contributed by atoms with E-state index in [0.717, 1.165) is 10.4 Å². The Morgan fingerprint density at radius 1 is 1.22 bits per heavy atom. The number of nitrogens with zero attached hydrogens (tertiary/aromatic N) is 3. The van der Waals surface area contributed by atoms with E-state index >= 15 is 0 Å². The molecule has 0 N–H and O–H groups in total. The Morgan fingerprint density at radius 2 is 2.04 bits per heavy atom. The van der Waals surface area contributed by atoms with Gasteiger partial charge in [-0.3, -0.25) is 9.36 Å². The molecule has 0 unspecified atom stereocenters. The summed E-state index contributed by atoms with van der Waals surface area (Å²) in [6.45, 7) is 0.314. The molecular formula is C16H10ClN3O2S. The maximum atomic E-state index is 12.4. The lowest BCUT2D eigenvalue weighted by Gasteiger charge is -2.01. The van der Waals surface area contributed by atoms with Gasteiger partial charge in [0.2, 0.25) is 5.89 Å². The largest absolute Gasteiger partial charge is 0.444 e.